The highest BCUT2D eigenvalue weighted by molar-refractivity contribution is 14.1. The van der Waals surface area contributed by atoms with E-state index in [0.717, 1.165) is 26.3 Å². The highest BCUT2D eigenvalue weighted by Crippen LogP contribution is 2.49. The van der Waals surface area contributed by atoms with Crippen LogP contribution in [0.1, 0.15) is 12.8 Å². The molecule has 4 nitrogen and oxygen atoms in total. The number of rotatable bonds is 6. The Morgan fingerprint density at radius 3 is 2.90 bits per heavy atom. The van der Waals surface area contributed by atoms with Crippen molar-refractivity contribution in [1.29, 1.82) is 0 Å². The van der Waals surface area contributed by atoms with Crippen LogP contribution in [0.2, 0.25) is 0 Å². The maximum Gasteiger partial charge on any atom is 0.313 e. The van der Waals surface area contributed by atoms with Crippen molar-refractivity contribution >= 4 is 63.1 Å². The van der Waals surface area contributed by atoms with Gasteiger partial charge in [0, 0.05) is 14.9 Å². The van der Waals surface area contributed by atoms with Gasteiger partial charge >= 0.3 is 5.97 Å². The number of carboxylic acid groups (broad SMARTS) is 1. The van der Waals surface area contributed by atoms with Gasteiger partial charge in [0.2, 0.25) is 0 Å². The fourth-order valence-electron chi connectivity index (χ4n) is 2.32. The summed E-state index contributed by atoms with van der Waals surface area (Å²) in [4.78, 5) is 15.5. The summed E-state index contributed by atoms with van der Waals surface area (Å²) in [6.45, 7) is 0.910. The van der Waals surface area contributed by atoms with E-state index >= 15 is 0 Å². The average molecular weight is 434 g/mol. The van der Waals surface area contributed by atoms with Crippen LogP contribution in [-0.4, -0.2) is 37.4 Å². The molecule has 7 heteroatoms. The number of nitrogens with zero attached hydrogens (tertiary/aromatic N) is 2. The number of hydrogen-bond acceptors (Lipinski definition) is 4. The van der Waals surface area contributed by atoms with E-state index < -0.39 is 5.97 Å². The molecule has 1 aliphatic rings. The number of imidazole rings is 1. The summed E-state index contributed by atoms with van der Waals surface area (Å²) in [6, 6.07) is 6.21. The summed E-state index contributed by atoms with van der Waals surface area (Å²) >= 11 is 5.49. The molecule has 1 aromatic carbocycles. The van der Waals surface area contributed by atoms with E-state index in [1.165, 1.54) is 24.6 Å². The van der Waals surface area contributed by atoms with Crippen molar-refractivity contribution in [2.24, 2.45) is 0 Å². The molecular weight excluding hydrogens is 419 g/mol. The third-order valence-electron chi connectivity index (χ3n) is 3.69. The van der Waals surface area contributed by atoms with E-state index in [-0.39, 0.29) is 5.75 Å². The van der Waals surface area contributed by atoms with Crippen molar-refractivity contribution in [3.63, 3.8) is 0 Å². The Kier molecular flexibility index (Phi) is 4.42. The van der Waals surface area contributed by atoms with E-state index in [9.17, 15) is 4.79 Å². The van der Waals surface area contributed by atoms with Gasteiger partial charge in [-0.2, -0.15) is 11.8 Å². The van der Waals surface area contributed by atoms with Gasteiger partial charge in [-0.05, 0) is 59.9 Å². The summed E-state index contributed by atoms with van der Waals surface area (Å²) in [6.07, 6.45) is 4.60. The second-order valence-corrected chi connectivity index (χ2v) is 8.65. The molecule has 1 fully saturated rings. The molecule has 112 valence electrons. The Labute approximate surface area is 145 Å². The van der Waals surface area contributed by atoms with E-state index in [1.54, 1.807) is 0 Å². The number of aliphatic carboxylic acids is 1. The molecule has 1 heterocycles. The molecule has 0 saturated heterocycles. The minimum atomic E-state index is -0.806. The normalized spacial score (nSPS) is 16.3. The van der Waals surface area contributed by atoms with Crippen LogP contribution in [-0.2, 0) is 11.3 Å². The molecule has 0 radical (unpaired) electrons. The second kappa shape index (κ2) is 6.00. The van der Waals surface area contributed by atoms with Crippen LogP contribution in [0.25, 0.3) is 11.0 Å². The number of thioether (sulfide) groups is 2. The van der Waals surface area contributed by atoms with Gasteiger partial charge < -0.3 is 9.67 Å². The highest BCUT2D eigenvalue weighted by Gasteiger charge is 2.42. The van der Waals surface area contributed by atoms with Crippen LogP contribution < -0.4 is 0 Å². The van der Waals surface area contributed by atoms with Crippen molar-refractivity contribution in [2.45, 2.75) is 29.3 Å². The molecule has 0 amide bonds. The van der Waals surface area contributed by atoms with Crippen molar-refractivity contribution in [1.82, 2.24) is 9.55 Å². The summed E-state index contributed by atoms with van der Waals surface area (Å²) in [7, 11) is 0. The SMILES string of the molecule is CSC1(Cn2c(SCC(=O)O)nc3cc(I)ccc32)CC1. The van der Waals surface area contributed by atoms with Crippen molar-refractivity contribution < 1.29 is 9.90 Å². The average Bonchev–Trinajstić information content (AvgIpc) is 3.14. The van der Waals surface area contributed by atoms with Crippen LogP contribution in [0.3, 0.4) is 0 Å². The number of hydrogen-bond donors (Lipinski definition) is 1. The zero-order valence-corrected chi connectivity index (χ0v) is 15.3. The van der Waals surface area contributed by atoms with Crippen molar-refractivity contribution in [3.05, 3.63) is 21.8 Å². The highest BCUT2D eigenvalue weighted by atomic mass is 127. The minimum absolute atomic E-state index is 0.0483. The first-order valence-corrected chi connectivity index (χ1v) is 9.87. The van der Waals surface area contributed by atoms with Crippen LogP contribution in [0.4, 0.5) is 0 Å². The smallest absolute Gasteiger partial charge is 0.313 e. The number of aromatic nitrogens is 2. The monoisotopic (exact) mass is 434 g/mol. The standard InChI is InChI=1S/C14H15IN2O2S2/c1-20-14(4-5-14)8-17-11-3-2-9(15)6-10(11)16-13(17)21-7-12(18)19/h2-3,6H,4-5,7-8H2,1H3,(H,18,19). The van der Waals surface area contributed by atoms with Gasteiger partial charge in [-0.15, -0.1) is 0 Å². The predicted molar refractivity (Wildman–Crippen MR) is 96.3 cm³/mol. The van der Waals surface area contributed by atoms with Crippen molar-refractivity contribution in [2.75, 3.05) is 12.0 Å². The van der Waals surface area contributed by atoms with Gasteiger partial charge in [-0.25, -0.2) is 4.98 Å². The summed E-state index contributed by atoms with van der Waals surface area (Å²) < 4.78 is 3.66. The number of fused-ring (bicyclic) bond motifs is 1. The fourth-order valence-corrected chi connectivity index (χ4v) is 4.30. The molecule has 0 aliphatic heterocycles. The lowest BCUT2D eigenvalue weighted by Crippen LogP contribution is -2.15. The zero-order valence-electron chi connectivity index (χ0n) is 11.5. The number of carbonyl (C=O) groups is 1. The third-order valence-corrected chi connectivity index (χ3v) is 6.72. The van der Waals surface area contributed by atoms with Gasteiger partial charge in [0.1, 0.15) is 0 Å². The van der Waals surface area contributed by atoms with E-state index in [0.29, 0.717) is 4.75 Å². The van der Waals surface area contributed by atoms with Gasteiger partial charge in [0.25, 0.3) is 0 Å². The first-order valence-electron chi connectivity index (χ1n) is 6.58. The number of carboxylic acids is 1. The molecule has 0 bridgehead atoms. The maximum absolute atomic E-state index is 10.8. The fraction of sp³-hybridized carbons (Fsp3) is 0.429. The van der Waals surface area contributed by atoms with Gasteiger partial charge in [-0.1, -0.05) is 11.8 Å². The molecule has 1 N–H and O–H groups in total. The third kappa shape index (κ3) is 3.34. The molecule has 1 aliphatic carbocycles. The molecule has 2 aromatic rings. The van der Waals surface area contributed by atoms with E-state index in [1.807, 2.05) is 11.8 Å². The Balaban J connectivity index is 2.00. The zero-order chi connectivity index (χ0) is 15.0. The van der Waals surface area contributed by atoms with Crippen LogP contribution in [0.15, 0.2) is 23.4 Å². The lowest BCUT2D eigenvalue weighted by molar-refractivity contribution is -0.133. The Morgan fingerprint density at radius 1 is 1.52 bits per heavy atom. The molecule has 3 rings (SSSR count). The van der Waals surface area contributed by atoms with Crippen molar-refractivity contribution in [3.8, 4) is 0 Å². The number of halogens is 1. The van der Waals surface area contributed by atoms with Gasteiger partial charge in [0.05, 0.1) is 16.8 Å². The molecule has 1 saturated carbocycles. The molecular formula is C14H15IN2O2S2. The minimum Gasteiger partial charge on any atom is -0.481 e. The van der Waals surface area contributed by atoms with Gasteiger partial charge in [0.15, 0.2) is 5.16 Å². The van der Waals surface area contributed by atoms with Crippen LogP contribution >= 0.6 is 46.1 Å². The lowest BCUT2D eigenvalue weighted by Gasteiger charge is -2.15. The molecule has 1 aromatic heterocycles. The topological polar surface area (TPSA) is 55.1 Å². The van der Waals surface area contributed by atoms with Crippen LogP contribution in [0.5, 0.6) is 0 Å². The molecule has 21 heavy (non-hydrogen) atoms. The molecule has 0 spiro atoms. The Hall–Kier alpha value is -0.410. The summed E-state index contributed by atoms with van der Waals surface area (Å²) in [5.41, 5.74) is 2.05. The summed E-state index contributed by atoms with van der Waals surface area (Å²) in [5.74, 6) is -0.758. The second-order valence-electron chi connectivity index (χ2n) is 5.18. The first kappa shape index (κ1) is 15.5. The first-order chi connectivity index (χ1) is 10.0. The Bertz CT molecular complexity index is 698. The largest absolute Gasteiger partial charge is 0.481 e. The molecule has 0 unspecified atom stereocenters. The maximum atomic E-state index is 10.8. The van der Waals surface area contributed by atoms with E-state index in [4.69, 9.17) is 5.11 Å². The molecule has 0 atom stereocenters. The quantitative estimate of drug-likeness (QED) is 0.555. The number of benzene rings is 1. The van der Waals surface area contributed by atoms with Gasteiger partial charge in [-0.3, -0.25) is 4.79 Å². The lowest BCUT2D eigenvalue weighted by atomic mass is 10.3. The van der Waals surface area contributed by atoms with Crippen LogP contribution in [0, 0.1) is 3.57 Å². The predicted octanol–water partition coefficient (Wildman–Crippen LogP) is 3.71. The summed E-state index contributed by atoms with van der Waals surface area (Å²) in [5, 5.41) is 9.73. The van der Waals surface area contributed by atoms with E-state index in [2.05, 4.69) is 56.6 Å². The Morgan fingerprint density at radius 2 is 2.29 bits per heavy atom.